The van der Waals surface area contributed by atoms with E-state index < -0.39 is 17.5 Å². The Labute approximate surface area is 146 Å². The van der Waals surface area contributed by atoms with Gasteiger partial charge in [-0.05, 0) is 36.4 Å². The lowest BCUT2D eigenvalue weighted by Gasteiger charge is -2.08. The van der Waals surface area contributed by atoms with Gasteiger partial charge in [0.25, 0.3) is 5.91 Å². The van der Waals surface area contributed by atoms with E-state index in [4.69, 9.17) is 11.6 Å². The smallest absolute Gasteiger partial charge is 0.274 e. The van der Waals surface area contributed by atoms with Crippen molar-refractivity contribution in [2.45, 2.75) is 0 Å². The summed E-state index contributed by atoms with van der Waals surface area (Å²) in [7, 11) is 0. The fourth-order valence-corrected chi connectivity index (χ4v) is 2.21. The summed E-state index contributed by atoms with van der Waals surface area (Å²) in [5.74, 6) is -1.97. The van der Waals surface area contributed by atoms with Gasteiger partial charge in [-0.1, -0.05) is 17.7 Å². The Hall–Kier alpha value is -3.06. The van der Waals surface area contributed by atoms with Gasteiger partial charge in [0.2, 0.25) is 5.95 Å². The maximum absolute atomic E-state index is 13.7. The molecule has 1 aromatic heterocycles. The van der Waals surface area contributed by atoms with Gasteiger partial charge in [-0.15, -0.1) is 0 Å². The van der Waals surface area contributed by atoms with Crippen LogP contribution in [0.1, 0.15) is 10.5 Å². The van der Waals surface area contributed by atoms with Crippen molar-refractivity contribution >= 4 is 34.8 Å². The zero-order chi connectivity index (χ0) is 17.8. The van der Waals surface area contributed by atoms with Crippen molar-refractivity contribution in [1.82, 2.24) is 9.97 Å². The van der Waals surface area contributed by atoms with E-state index in [9.17, 15) is 13.6 Å². The standard InChI is InChI=1S/C17H11ClF2N4O/c18-10-2-1-3-12(8-10)22-16(25)15-6-7-21-17(24-15)23-14-5-4-11(19)9-13(14)20/h1-9H,(H,22,25)(H,21,23,24). The summed E-state index contributed by atoms with van der Waals surface area (Å²) >= 11 is 5.87. The molecule has 0 saturated carbocycles. The van der Waals surface area contributed by atoms with Gasteiger partial charge in [0.15, 0.2) is 0 Å². The minimum Gasteiger partial charge on any atom is -0.322 e. The van der Waals surface area contributed by atoms with E-state index in [0.29, 0.717) is 10.7 Å². The lowest BCUT2D eigenvalue weighted by atomic mass is 10.3. The normalized spacial score (nSPS) is 10.4. The molecule has 0 aliphatic carbocycles. The third kappa shape index (κ3) is 4.27. The number of amides is 1. The first-order valence-electron chi connectivity index (χ1n) is 7.13. The van der Waals surface area contributed by atoms with E-state index in [2.05, 4.69) is 20.6 Å². The molecule has 2 N–H and O–H groups in total. The second-order valence-electron chi connectivity index (χ2n) is 4.98. The van der Waals surface area contributed by atoms with Crippen molar-refractivity contribution in [2.24, 2.45) is 0 Å². The lowest BCUT2D eigenvalue weighted by molar-refractivity contribution is 0.102. The molecule has 8 heteroatoms. The number of anilines is 3. The van der Waals surface area contributed by atoms with E-state index in [1.54, 1.807) is 24.3 Å². The zero-order valence-corrected chi connectivity index (χ0v) is 13.4. The molecule has 0 aliphatic rings. The molecule has 0 bridgehead atoms. The van der Waals surface area contributed by atoms with Crippen LogP contribution >= 0.6 is 11.6 Å². The van der Waals surface area contributed by atoms with Crippen LogP contribution in [-0.2, 0) is 0 Å². The number of hydrogen-bond acceptors (Lipinski definition) is 4. The number of rotatable bonds is 4. The molecular weight excluding hydrogens is 350 g/mol. The molecule has 3 aromatic rings. The van der Waals surface area contributed by atoms with Gasteiger partial charge < -0.3 is 10.6 Å². The molecule has 0 unspecified atom stereocenters. The van der Waals surface area contributed by atoms with Crippen molar-refractivity contribution in [1.29, 1.82) is 0 Å². The third-order valence-electron chi connectivity index (χ3n) is 3.15. The molecule has 1 heterocycles. The highest BCUT2D eigenvalue weighted by Crippen LogP contribution is 2.19. The summed E-state index contributed by atoms with van der Waals surface area (Å²) < 4.78 is 26.6. The number of aromatic nitrogens is 2. The fraction of sp³-hybridized carbons (Fsp3) is 0. The predicted molar refractivity (Wildman–Crippen MR) is 91.1 cm³/mol. The molecule has 0 spiro atoms. The molecule has 5 nitrogen and oxygen atoms in total. The van der Waals surface area contributed by atoms with Crippen LogP contribution in [0.2, 0.25) is 5.02 Å². The summed E-state index contributed by atoms with van der Waals surface area (Å²) in [5, 5.41) is 5.73. The maximum Gasteiger partial charge on any atom is 0.274 e. The monoisotopic (exact) mass is 360 g/mol. The van der Waals surface area contributed by atoms with Crippen molar-refractivity contribution < 1.29 is 13.6 Å². The van der Waals surface area contributed by atoms with Crippen LogP contribution in [0.25, 0.3) is 0 Å². The van der Waals surface area contributed by atoms with Crippen LogP contribution < -0.4 is 10.6 Å². The Morgan fingerprint density at radius 2 is 1.92 bits per heavy atom. The number of carbonyl (C=O) groups is 1. The largest absolute Gasteiger partial charge is 0.322 e. The van der Waals surface area contributed by atoms with Gasteiger partial charge in [-0.2, -0.15) is 0 Å². The molecule has 2 aromatic carbocycles. The highest BCUT2D eigenvalue weighted by molar-refractivity contribution is 6.30. The quantitative estimate of drug-likeness (QED) is 0.723. The minimum absolute atomic E-state index is 0.00394. The molecule has 126 valence electrons. The first kappa shape index (κ1) is 16.8. The molecule has 1 amide bonds. The number of hydrogen-bond donors (Lipinski definition) is 2. The van der Waals surface area contributed by atoms with Gasteiger partial charge in [0.05, 0.1) is 5.69 Å². The molecule has 0 fully saturated rings. The number of nitrogens with zero attached hydrogens (tertiary/aromatic N) is 2. The van der Waals surface area contributed by atoms with Gasteiger partial charge >= 0.3 is 0 Å². The molecule has 3 rings (SSSR count). The maximum atomic E-state index is 13.7. The van der Waals surface area contributed by atoms with Crippen molar-refractivity contribution in [3.8, 4) is 0 Å². The summed E-state index contributed by atoms with van der Waals surface area (Å²) in [5.41, 5.74) is 0.573. The topological polar surface area (TPSA) is 66.9 Å². The van der Waals surface area contributed by atoms with Crippen LogP contribution in [-0.4, -0.2) is 15.9 Å². The Balaban J connectivity index is 1.77. The number of benzene rings is 2. The third-order valence-corrected chi connectivity index (χ3v) is 3.38. The molecule has 0 atom stereocenters. The average Bonchev–Trinajstić information content (AvgIpc) is 2.58. The second-order valence-corrected chi connectivity index (χ2v) is 5.42. The van der Waals surface area contributed by atoms with E-state index in [1.807, 2.05) is 0 Å². The molecule has 0 aliphatic heterocycles. The van der Waals surface area contributed by atoms with Crippen molar-refractivity contribution in [3.05, 3.63) is 77.1 Å². The second kappa shape index (κ2) is 7.23. The Kier molecular flexibility index (Phi) is 4.85. The van der Waals surface area contributed by atoms with Crippen LogP contribution in [0.5, 0.6) is 0 Å². The van der Waals surface area contributed by atoms with E-state index >= 15 is 0 Å². The first-order chi connectivity index (χ1) is 12.0. The Morgan fingerprint density at radius 3 is 2.68 bits per heavy atom. The Bertz CT molecular complexity index is 936. The number of nitrogens with one attached hydrogen (secondary N) is 2. The Morgan fingerprint density at radius 1 is 1.08 bits per heavy atom. The molecule has 0 saturated heterocycles. The van der Waals surface area contributed by atoms with E-state index in [0.717, 1.165) is 12.1 Å². The zero-order valence-electron chi connectivity index (χ0n) is 12.6. The summed E-state index contributed by atoms with van der Waals surface area (Å²) in [6.07, 6.45) is 1.35. The minimum atomic E-state index is -0.794. The van der Waals surface area contributed by atoms with Gasteiger partial charge in [-0.3, -0.25) is 4.79 Å². The fourth-order valence-electron chi connectivity index (χ4n) is 2.02. The number of carbonyl (C=O) groups excluding carboxylic acids is 1. The van der Waals surface area contributed by atoms with E-state index in [-0.39, 0.29) is 17.3 Å². The molecule has 25 heavy (non-hydrogen) atoms. The summed E-state index contributed by atoms with van der Waals surface area (Å²) in [4.78, 5) is 20.2. The van der Waals surface area contributed by atoms with Crippen LogP contribution in [0.3, 0.4) is 0 Å². The average molecular weight is 361 g/mol. The molecule has 0 radical (unpaired) electrons. The predicted octanol–water partition coefficient (Wildman–Crippen LogP) is 4.40. The SMILES string of the molecule is O=C(Nc1cccc(Cl)c1)c1ccnc(Nc2ccc(F)cc2F)n1. The highest BCUT2D eigenvalue weighted by atomic mass is 35.5. The first-order valence-corrected chi connectivity index (χ1v) is 7.51. The van der Waals surface area contributed by atoms with Crippen molar-refractivity contribution in [3.63, 3.8) is 0 Å². The van der Waals surface area contributed by atoms with Crippen LogP contribution in [0.15, 0.2) is 54.7 Å². The van der Waals surface area contributed by atoms with Crippen molar-refractivity contribution in [2.75, 3.05) is 10.6 Å². The summed E-state index contributed by atoms with van der Waals surface area (Å²) in [6, 6.07) is 11.1. The van der Waals surface area contributed by atoms with E-state index in [1.165, 1.54) is 18.3 Å². The van der Waals surface area contributed by atoms with Gasteiger partial charge in [-0.25, -0.2) is 18.7 Å². The number of halogens is 3. The summed E-state index contributed by atoms with van der Waals surface area (Å²) in [6.45, 7) is 0. The molecular formula is C17H11ClF2N4O. The van der Waals surface area contributed by atoms with Gasteiger partial charge in [0, 0.05) is 23.0 Å². The van der Waals surface area contributed by atoms with Crippen LogP contribution in [0.4, 0.5) is 26.1 Å². The lowest BCUT2D eigenvalue weighted by Crippen LogP contribution is -2.14. The highest BCUT2D eigenvalue weighted by Gasteiger charge is 2.11. The van der Waals surface area contributed by atoms with Gasteiger partial charge in [0.1, 0.15) is 17.3 Å². The van der Waals surface area contributed by atoms with Crippen LogP contribution in [0, 0.1) is 11.6 Å².